The quantitative estimate of drug-likeness (QED) is 0.620. The average Bonchev–Trinajstić information content (AvgIpc) is 2.59. The van der Waals surface area contributed by atoms with E-state index in [-0.39, 0.29) is 11.6 Å². The standard InChI is InChI=1S/C11H12N2O4/c1-7-6-8(13(16)17)2-3-9(7)12-10(14)4-5-11(12)15/h2-3,6,10,14H,4-5H2,1H3. The molecule has 0 bridgehead atoms. The maximum Gasteiger partial charge on any atom is 0.269 e. The molecule has 0 saturated carbocycles. The topological polar surface area (TPSA) is 83.7 Å². The minimum atomic E-state index is -0.831. The van der Waals surface area contributed by atoms with Crippen molar-refractivity contribution in [3.63, 3.8) is 0 Å². The lowest BCUT2D eigenvalue weighted by Gasteiger charge is -2.22. The van der Waals surface area contributed by atoms with Crippen LogP contribution < -0.4 is 4.90 Å². The summed E-state index contributed by atoms with van der Waals surface area (Å²) in [6, 6.07) is 4.23. The zero-order chi connectivity index (χ0) is 12.6. The Morgan fingerprint density at radius 3 is 2.71 bits per heavy atom. The fraction of sp³-hybridized carbons (Fsp3) is 0.364. The molecule has 1 heterocycles. The first-order valence-electron chi connectivity index (χ1n) is 5.26. The summed E-state index contributed by atoms with van der Waals surface area (Å²) in [5, 5.41) is 20.3. The molecule has 2 rings (SSSR count). The second-order valence-corrected chi connectivity index (χ2v) is 4.01. The van der Waals surface area contributed by atoms with Gasteiger partial charge in [0.1, 0.15) is 6.23 Å². The number of hydrogen-bond donors (Lipinski definition) is 1. The summed E-state index contributed by atoms with van der Waals surface area (Å²) in [6.07, 6.45) is -0.130. The Bertz CT molecular complexity index is 486. The van der Waals surface area contributed by atoms with Crippen molar-refractivity contribution < 1.29 is 14.8 Å². The van der Waals surface area contributed by atoms with Gasteiger partial charge in [0.05, 0.1) is 4.92 Å². The second-order valence-electron chi connectivity index (χ2n) is 4.01. The normalized spacial score (nSPS) is 19.8. The number of hydrogen-bond acceptors (Lipinski definition) is 4. The number of rotatable bonds is 2. The minimum Gasteiger partial charge on any atom is -0.373 e. The molecule has 0 spiro atoms. The van der Waals surface area contributed by atoms with E-state index in [9.17, 15) is 20.0 Å². The number of carbonyl (C=O) groups excluding carboxylic acids is 1. The zero-order valence-corrected chi connectivity index (χ0v) is 9.29. The third-order valence-electron chi connectivity index (χ3n) is 2.83. The van der Waals surface area contributed by atoms with Gasteiger partial charge in [-0.05, 0) is 18.6 Å². The van der Waals surface area contributed by atoms with Gasteiger partial charge in [0.2, 0.25) is 5.91 Å². The van der Waals surface area contributed by atoms with Crippen LogP contribution >= 0.6 is 0 Å². The molecule has 17 heavy (non-hydrogen) atoms. The van der Waals surface area contributed by atoms with E-state index in [1.165, 1.54) is 23.1 Å². The highest BCUT2D eigenvalue weighted by Crippen LogP contribution is 2.30. The molecular weight excluding hydrogens is 224 g/mol. The Balaban J connectivity index is 2.40. The van der Waals surface area contributed by atoms with Crippen molar-refractivity contribution in [2.75, 3.05) is 4.90 Å². The molecule has 1 aliphatic rings. The first-order valence-corrected chi connectivity index (χ1v) is 5.26. The highest BCUT2D eigenvalue weighted by atomic mass is 16.6. The van der Waals surface area contributed by atoms with Crippen LogP contribution in [0.5, 0.6) is 0 Å². The summed E-state index contributed by atoms with van der Waals surface area (Å²) in [5.74, 6) is -0.158. The Kier molecular flexibility index (Phi) is 2.81. The van der Waals surface area contributed by atoms with Crippen LogP contribution in [0.1, 0.15) is 18.4 Å². The fourth-order valence-electron chi connectivity index (χ4n) is 1.99. The van der Waals surface area contributed by atoms with E-state index in [4.69, 9.17) is 0 Å². The van der Waals surface area contributed by atoms with E-state index in [1.807, 2.05) is 0 Å². The first-order chi connectivity index (χ1) is 8.00. The third-order valence-corrected chi connectivity index (χ3v) is 2.83. The highest BCUT2D eigenvalue weighted by molar-refractivity contribution is 5.96. The first kappa shape index (κ1) is 11.5. The lowest BCUT2D eigenvalue weighted by atomic mass is 10.1. The van der Waals surface area contributed by atoms with Crippen LogP contribution in [0.3, 0.4) is 0 Å². The molecule has 1 saturated heterocycles. The molecule has 1 fully saturated rings. The molecule has 0 radical (unpaired) electrons. The molecule has 90 valence electrons. The largest absolute Gasteiger partial charge is 0.373 e. The van der Waals surface area contributed by atoms with Gasteiger partial charge in [0.15, 0.2) is 0 Å². The molecule has 1 aliphatic heterocycles. The summed E-state index contributed by atoms with van der Waals surface area (Å²) >= 11 is 0. The summed E-state index contributed by atoms with van der Waals surface area (Å²) in [4.78, 5) is 23.0. The van der Waals surface area contributed by atoms with Crippen molar-refractivity contribution in [3.05, 3.63) is 33.9 Å². The van der Waals surface area contributed by atoms with Crippen molar-refractivity contribution in [2.24, 2.45) is 0 Å². The molecule has 1 unspecified atom stereocenters. The number of carbonyl (C=O) groups is 1. The predicted molar refractivity (Wildman–Crippen MR) is 60.6 cm³/mol. The van der Waals surface area contributed by atoms with Gasteiger partial charge in [-0.1, -0.05) is 0 Å². The fourth-order valence-corrected chi connectivity index (χ4v) is 1.99. The average molecular weight is 236 g/mol. The number of aliphatic hydroxyl groups excluding tert-OH is 1. The second kappa shape index (κ2) is 4.14. The van der Waals surface area contributed by atoms with Gasteiger partial charge in [-0.15, -0.1) is 0 Å². The van der Waals surface area contributed by atoms with E-state index in [0.29, 0.717) is 24.1 Å². The summed E-state index contributed by atoms with van der Waals surface area (Å²) in [5.41, 5.74) is 1.12. The number of nitro groups is 1. The predicted octanol–water partition coefficient (Wildman–Crippen LogP) is 1.35. The van der Waals surface area contributed by atoms with Crippen molar-refractivity contribution in [1.29, 1.82) is 0 Å². The number of amides is 1. The van der Waals surface area contributed by atoms with Gasteiger partial charge in [-0.25, -0.2) is 0 Å². The Labute approximate surface area is 97.6 Å². The summed E-state index contributed by atoms with van der Waals surface area (Å²) < 4.78 is 0. The molecule has 1 amide bonds. The number of non-ortho nitro benzene ring substituents is 1. The Morgan fingerprint density at radius 1 is 1.53 bits per heavy atom. The van der Waals surface area contributed by atoms with E-state index in [2.05, 4.69) is 0 Å². The van der Waals surface area contributed by atoms with Gasteiger partial charge in [-0.3, -0.25) is 19.8 Å². The van der Waals surface area contributed by atoms with Crippen LogP contribution in [0.4, 0.5) is 11.4 Å². The molecular formula is C11H12N2O4. The number of aryl methyl sites for hydroxylation is 1. The lowest BCUT2D eigenvalue weighted by Crippen LogP contribution is -2.33. The van der Waals surface area contributed by atoms with Gasteiger partial charge in [-0.2, -0.15) is 0 Å². The van der Waals surface area contributed by atoms with Crippen molar-refractivity contribution >= 4 is 17.3 Å². The smallest absolute Gasteiger partial charge is 0.269 e. The van der Waals surface area contributed by atoms with Crippen LogP contribution in [-0.4, -0.2) is 22.2 Å². The van der Waals surface area contributed by atoms with Crippen molar-refractivity contribution in [1.82, 2.24) is 0 Å². The monoisotopic (exact) mass is 236 g/mol. The molecule has 1 atom stereocenters. The van der Waals surface area contributed by atoms with E-state index in [0.717, 1.165) is 0 Å². The molecule has 6 heteroatoms. The minimum absolute atomic E-state index is 0.0209. The maximum atomic E-state index is 11.6. The molecule has 1 aromatic rings. The molecule has 1 N–H and O–H groups in total. The lowest BCUT2D eigenvalue weighted by molar-refractivity contribution is -0.384. The van der Waals surface area contributed by atoms with Crippen LogP contribution in [-0.2, 0) is 4.79 Å². The summed E-state index contributed by atoms with van der Waals surface area (Å²) in [7, 11) is 0. The Morgan fingerprint density at radius 2 is 2.24 bits per heavy atom. The summed E-state index contributed by atoms with van der Waals surface area (Å²) in [6.45, 7) is 1.68. The number of anilines is 1. The van der Waals surface area contributed by atoms with Crippen LogP contribution in [0.25, 0.3) is 0 Å². The number of aliphatic hydroxyl groups is 1. The van der Waals surface area contributed by atoms with Gasteiger partial charge >= 0.3 is 0 Å². The number of benzene rings is 1. The maximum absolute atomic E-state index is 11.6. The highest BCUT2D eigenvalue weighted by Gasteiger charge is 2.31. The zero-order valence-electron chi connectivity index (χ0n) is 9.29. The third kappa shape index (κ3) is 1.99. The van der Waals surface area contributed by atoms with Crippen molar-refractivity contribution in [3.8, 4) is 0 Å². The van der Waals surface area contributed by atoms with Crippen LogP contribution in [0.2, 0.25) is 0 Å². The van der Waals surface area contributed by atoms with Crippen LogP contribution in [0, 0.1) is 17.0 Å². The Hall–Kier alpha value is -1.95. The number of nitro benzene ring substituents is 1. The van der Waals surface area contributed by atoms with Gasteiger partial charge < -0.3 is 5.11 Å². The van der Waals surface area contributed by atoms with E-state index in [1.54, 1.807) is 6.92 Å². The number of nitrogens with zero attached hydrogens (tertiary/aromatic N) is 2. The van der Waals surface area contributed by atoms with Gasteiger partial charge in [0, 0.05) is 30.7 Å². The molecule has 6 nitrogen and oxygen atoms in total. The van der Waals surface area contributed by atoms with E-state index < -0.39 is 11.2 Å². The SMILES string of the molecule is Cc1cc([N+](=O)[O-])ccc1N1C(=O)CCC1O. The molecule has 0 aliphatic carbocycles. The molecule has 0 aromatic heterocycles. The van der Waals surface area contributed by atoms with Crippen molar-refractivity contribution in [2.45, 2.75) is 26.0 Å². The molecule has 1 aromatic carbocycles. The van der Waals surface area contributed by atoms with E-state index >= 15 is 0 Å². The van der Waals surface area contributed by atoms with Gasteiger partial charge in [0.25, 0.3) is 5.69 Å². The van der Waals surface area contributed by atoms with Crippen LogP contribution in [0.15, 0.2) is 18.2 Å².